The first kappa shape index (κ1) is 16.2. The molecule has 0 saturated carbocycles. The minimum absolute atomic E-state index is 0.0821. The van der Waals surface area contributed by atoms with E-state index >= 15 is 0 Å². The number of para-hydroxylation sites is 1. The number of aromatic nitrogens is 4. The molecule has 3 rings (SSSR count). The number of aryl methyl sites for hydroxylation is 1. The van der Waals surface area contributed by atoms with Crippen molar-refractivity contribution in [1.82, 2.24) is 19.1 Å². The summed E-state index contributed by atoms with van der Waals surface area (Å²) in [6.45, 7) is 2.17. The Bertz CT molecular complexity index is 864. The summed E-state index contributed by atoms with van der Waals surface area (Å²) in [6, 6.07) is 13.2. The zero-order chi connectivity index (χ0) is 16.9. The van der Waals surface area contributed by atoms with Gasteiger partial charge in [-0.2, -0.15) is 5.10 Å². The zero-order valence-electron chi connectivity index (χ0n) is 13.4. The van der Waals surface area contributed by atoms with Gasteiger partial charge in [-0.15, -0.1) is 0 Å². The summed E-state index contributed by atoms with van der Waals surface area (Å²) in [5.74, 6) is 0.684. The van der Waals surface area contributed by atoms with Crippen LogP contribution >= 0.6 is 12.2 Å². The standard InChI is InChI=1S/C17H19N5OS/c1-2-8-15-19-21(17(24)22(15)20-11-6-7-12-20)13-16(23)18-14-9-4-3-5-10-14/h3-7,9-12H,2,8,13H2,1H3,(H,18,23). The lowest BCUT2D eigenvalue weighted by Gasteiger charge is -2.06. The van der Waals surface area contributed by atoms with Gasteiger partial charge in [-0.3, -0.25) is 9.47 Å². The molecule has 0 atom stereocenters. The van der Waals surface area contributed by atoms with Crippen molar-refractivity contribution in [1.29, 1.82) is 0 Å². The number of carbonyl (C=O) groups is 1. The number of amides is 1. The van der Waals surface area contributed by atoms with Crippen molar-refractivity contribution >= 4 is 23.8 Å². The maximum atomic E-state index is 12.3. The van der Waals surface area contributed by atoms with Gasteiger partial charge in [0.1, 0.15) is 6.54 Å². The number of benzene rings is 1. The molecule has 0 saturated heterocycles. The fourth-order valence-corrected chi connectivity index (χ4v) is 2.78. The molecule has 0 fully saturated rings. The predicted octanol–water partition coefficient (Wildman–Crippen LogP) is 3.12. The lowest BCUT2D eigenvalue weighted by Crippen LogP contribution is -2.20. The molecule has 0 bridgehead atoms. The lowest BCUT2D eigenvalue weighted by molar-refractivity contribution is -0.116. The molecule has 0 aliphatic heterocycles. The van der Waals surface area contributed by atoms with Crippen molar-refractivity contribution in [3.05, 3.63) is 65.5 Å². The van der Waals surface area contributed by atoms with Crippen LogP contribution in [0.2, 0.25) is 0 Å². The number of hydrogen-bond acceptors (Lipinski definition) is 3. The summed E-state index contributed by atoms with van der Waals surface area (Å²) in [7, 11) is 0. The molecule has 0 spiro atoms. The van der Waals surface area contributed by atoms with Crippen LogP contribution in [-0.4, -0.2) is 25.0 Å². The number of nitrogens with one attached hydrogen (secondary N) is 1. The van der Waals surface area contributed by atoms with Crippen molar-refractivity contribution in [2.75, 3.05) is 5.32 Å². The first-order chi connectivity index (χ1) is 11.7. The summed E-state index contributed by atoms with van der Waals surface area (Å²) in [6.07, 6.45) is 5.55. The summed E-state index contributed by atoms with van der Waals surface area (Å²) in [5.41, 5.74) is 0.757. The van der Waals surface area contributed by atoms with E-state index in [-0.39, 0.29) is 12.5 Å². The quantitative estimate of drug-likeness (QED) is 0.701. The molecule has 0 aliphatic carbocycles. The molecular weight excluding hydrogens is 322 g/mol. The van der Waals surface area contributed by atoms with E-state index in [4.69, 9.17) is 12.2 Å². The van der Waals surface area contributed by atoms with Gasteiger partial charge in [-0.05, 0) is 42.9 Å². The molecule has 1 N–H and O–H groups in total. The van der Waals surface area contributed by atoms with Crippen LogP contribution in [0.25, 0.3) is 0 Å². The molecule has 7 heteroatoms. The molecule has 2 heterocycles. The fourth-order valence-electron chi connectivity index (χ4n) is 2.48. The second-order valence-corrected chi connectivity index (χ2v) is 5.76. The van der Waals surface area contributed by atoms with Gasteiger partial charge in [0.2, 0.25) is 10.7 Å². The Morgan fingerprint density at radius 2 is 1.88 bits per heavy atom. The van der Waals surface area contributed by atoms with Gasteiger partial charge in [0.25, 0.3) is 0 Å². The third-order valence-electron chi connectivity index (χ3n) is 3.53. The molecule has 2 aromatic heterocycles. The molecule has 6 nitrogen and oxygen atoms in total. The van der Waals surface area contributed by atoms with Gasteiger partial charge in [-0.1, -0.05) is 25.1 Å². The number of rotatable bonds is 6. The molecule has 0 radical (unpaired) electrons. The Hall–Kier alpha value is -2.67. The van der Waals surface area contributed by atoms with Crippen LogP contribution in [0.3, 0.4) is 0 Å². The lowest BCUT2D eigenvalue weighted by atomic mass is 10.3. The maximum absolute atomic E-state index is 12.3. The first-order valence-corrected chi connectivity index (χ1v) is 8.27. The summed E-state index contributed by atoms with van der Waals surface area (Å²) in [4.78, 5) is 12.3. The molecular formula is C17H19N5OS. The topological polar surface area (TPSA) is 56.8 Å². The monoisotopic (exact) mass is 341 g/mol. The van der Waals surface area contributed by atoms with Gasteiger partial charge < -0.3 is 5.32 Å². The van der Waals surface area contributed by atoms with Crippen LogP contribution in [0.1, 0.15) is 19.2 Å². The van der Waals surface area contributed by atoms with Crippen LogP contribution < -0.4 is 5.32 Å². The van der Waals surface area contributed by atoms with Crippen molar-refractivity contribution in [3.8, 4) is 0 Å². The van der Waals surface area contributed by atoms with Crippen LogP contribution in [-0.2, 0) is 17.8 Å². The summed E-state index contributed by atoms with van der Waals surface area (Å²) in [5, 5.41) is 7.38. The average Bonchev–Trinajstić information content (AvgIpc) is 3.18. The molecule has 1 amide bonds. The van der Waals surface area contributed by atoms with E-state index in [1.54, 1.807) is 4.68 Å². The predicted molar refractivity (Wildman–Crippen MR) is 95.3 cm³/mol. The van der Waals surface area contributed by atoms with Crippen LogP contribution in [0.5, 0.6) is 0 Å². The normalized spacial score (nSPS) is 10.7. The average molecular weight is 341 g/mol. The molecule has 3 aromatic rings. The van der Waals surface area contributed by atoms with E-state index in [0.29, 0.717) is 4.77 Å². The fraction of sp³-hybridized carbons (Fsp3) is 0.235. The number of carbonyl (C=O) groups excluding carboxylic acids is 1. The molecule has 1 aromatic carbocycles. The largest absolute Gasteiger partial charge is 0.324 e. The Morgan fingerprint density at radius 3 is 2.54 bits per heavy atom. The molecule has 24 heavy (non-hydrogen) atoms. The Labute approximate surface area is 145 Å². The third kappa shape index (κ3) is 3.46. The zero-order valence-corrected chi connectivity index (χ0v) is 14.2. The van der Waals surface area contributed by atoms with E-state index in [1.165, 1.54) is 0 Å². The molecule has 124 valence electrons. The van der Waals surface area contributed by atoms with Gasteiger partial charge in [0, 0.05) is 24.5 Å². The number of nitrogens with zero attached hydrogens (tertiary/aromatic N) is 4. The first-order valence-electron chi connectivity index (χ1n) is 7.86. The van der Waals surface area contributed by atoms with Crippen molar-refractivity contribution in [3.63, 3.8) is 0 Å². The van der Waals surface area contributed by atoms with E-state index < -0.39 is 0 Å². The summed E-state index contributed by atoms with van der Waals surface area (Å²) >= 11 is 5.52. The Balaban J connectivity index is 1.85. The number of anilines is 1. The highest BCUT2D eigenvalue weighted by atomic mass is 32.1. The molecule has 0 unspecified atom stereocenters. The Morgan fingerprint density at radius 1 is 1.17 bits per heavy atom. The van der Waals surface area contributed by atoms with Crippen LogP contribution in [0.15, 0.2) is 54.9 Å². The van der Waals surface area contributed by atoms with Crippen LogP contribution in [0, 0.1) is 4.77 Å². The van der Waals surface area contributed by atoms with E-state index in [1.807, 2.05) is 64.2 Å². The Kier molecular flexibility index (Phi) is 4.90. The van der Waals surface area contributed by atoms with E-state index in [0.717, 1.165) is 24.4 Å². The third-order valence-corrected chi connectivity index (χ3v) is 3.91. The number of hydrogen-bond donors (Lipinski definition) is 1. The van der Waals surface area contributed by atoms with Gasteiger partial charge in [0.15, 0.2) is 5.82 Å². The van der Waals surface area contributed by atoms with Gasteiger partial charge >= 0.3 is 0 Å². The van der Waals surface area contributed by atoms with Gasteiger partial charge in [-0.25, -0.2) is 9.36 Å². The van der Waals surface area contributed by atoms with E-state index in [2.05, 4.69) is 17.3 Å². The van der Waals surface area contributed by atoms with Gasteiger partial charge in [0.05, 0.1) is 0 Å². The highest BCUT2D eigenvalue weighted by Gasteiger charge is 2.13. The SMILES string of the molecule is CCCc1nn(CC(=O)Nc2ccccc2)c(=S)n1-n1cccc1. The summed E-state index contributed by atoms with van der Waals surface area (Å²) < 4.78 is 5.80. The van der Waals surface area contributed by atoms with Crippen molar-refractivity contribution in [2.24, 2.45) is 0 Å². The second-order valence-electron chi connectivity index (χ2n) is 5.40. The highest BCUT2D eigenvalue weighted by molar-refractivity contribution is 7.71. The van der Waals surface area contributed by atoms with Crippen LogP contribution in [0.4, 0.5) is 5.69 Å². The van der Waals surface area contributed by atoms with Crippen molar-refractivity contribution < 1.29 is 4.79 Å². The highest BCUT2D eigenvalue weighted by Crippen LogP contribution is 2.08. The van der Waals surface area contributed by atoms with E-state index in [9.17, 15) is 4.79 Å². The molecule has 0 aliphatic rings. The smallest absolute Gasteiger partial charge is 0.246 e. The minimum Gasteiger partial charge on any atom is -0.324 e. The van der Waals surface area contributed by atoms with Crippen molar-refractivity contribution in [2.45, 2.75) is 26.3 Å². The second kappa shape index (κ2) is 7.27. The maximum Gasteiger partial charge on any atom is 0.246 e. The minimum atomic E-state index is -0.155.